The highest BCUT2D eigenvalue weighted by molar-refractivity contribution is 7.12. The number of aromatic nitrogens is 2. The second kappa shape index (κ2) is 5.81. The second-order valence-corrected chi connectivity index (χ2v) is 6.56. The van der Waals surface area contributed by atoms with Gasteiger partial charge in [-0.1, -0.05) is 23.7 Å². The zero-order valence-corrected chi connectivity index (χ0v) is 12.7. The van der Waals surface area contributed by atoms with Crippen LogP contribution in [0.25, 0.3) is 0 Å². The molecular formula is C16H15ClN2S. The lowest BCUT2D eigenvalue weighted by atomic mass is 10.0. The average Bonchev–Trinajstić information content (AvgIpc) is 3.09. The van der Waals surface area contributed by atoms with Gasteiger partial charge in [0, 0.05) is 27.2 Å². The lowest BCUT2D eigenvalue weighted by molar-refractivity contribution is 0.590. The van der Waals surface area contributed by atoms with Gasteiger partial charge in [-0.2, -0.15) is 0 Å². The van der Waals surface area contributed by atoms with E-state index < -0.39 is 0 Å². The molecule has 20 heavy (non-hydrogen) atoms. The predicted molar refractivity (Wildman–Crippen MR) is 84.6 cm³/mol. The van der Waals surface area contributed by atoms with Crippen LogP contribution < -0.4 is 0 Å². The van der Waals surface area contributed by atoms with Crippen LogP contribution >= 0.6 is 22.9 Å². The molecule has 3 aromatic rings. The van der Waals surface area contributed by atoms with Gasteiger partial charge in [0.15, 0.2) is 0 Å². The van der Waals surface area contributed by atoms with Crippen LogP contribution in [0.3, 0.4) is 0 Å². The van der Waals surface area contributed by atoms with Gasteiger partial charge in [0.05, 0.1) is 12.4 Å². The van der Waals surface area contributed by atoms with Crippen LogP contribution in [0.4, 0.5) is 0 Å². The Morgan fingerprint density at radius 1 is 1.20 bits per heavy atom. The average molecular weight is 303 g/mol. The molecule has 2 heterocycles. The maximum Gasteiger partial charge on any atom is 0.0952 e. The molecule has 0 N–H and O–H groups in total. The Hall–Kier alpha value is -1.58. The topological polar surface area (TPSA) is 17.8 Å². The highest BCUT2D eigenvalue weighted by Gasteiger charge is 2.15. The minimum absolute atomic E-state index is 0.289. The minimum atomic E-state index is 0.289. The summed E-state index contributed by atoms with van der Waals surface area (Å²) in [5.74, 6) is 0. The quantitative estimate of drug-likeness (QED) is 0.681. The molecule has 1 aromatic carbocycles. The van der Waals surface area contributed by atoms with E-state index >= 15 is 0 Å². The third-order valence-electron chi connectivity index (χ3n) is 3.32. The summed E-state index contributed by atoms with van der Waals surface area (Å²) in [6, 6.07) is 12.7. The van der Waals surface area contributed by atoms with Crippen LogP contribution in [-0.2, 0) is 6.42 Å². The lowest BCUT2D eigenvalue weighted by Gasteiger charge is -2.17. The van der Waals surface area contributed by atoms with E-state index in [-0.39, 0.29) is 6.04 Å². The van der Waals surface area contributed by atoms with E-state index in [2.05, 4.69) is 40.7 Å². The molecular weight excluding hydrogens is 288 g/mol. The molecule has 102 valence electrons. The third kappa shape index (κ3) is 2.94. The molecule has 4 heteroatoms. The summed E-state index contributed by atoms with van der Waals surface area (Å²) in [5, 5.41) is 0.778. The Balaban J connectivity index is 1.92. The van der Waals surface area contributed by atoms with Crippen LogP contribution in [-0.4, -0.2) is 9.55 Å². The Kier molecular flexibility index (Phi) is 3.90. The monoisotopic (exact) mass is 302 g/mol. The molecule has 0 aliphatic rings. The Labute approximate surface area is 127 Å². The van der Waals surface area contributed by atoms with E-state index in [1.54, 1.807) is 0 Å². The zero-order chi connectivity index (χ0) is 13.9. The largest absolute Gasteiger partial charge is 0.329 e. The van der Waals surface area contributed by atoms with Crippen molar-refractivity contribution in [3.63, 3.8) is 0 Å². The molecule has 0 amide bonds. The first-order valence-electron chi connectivity index (χ1n) is 6.50. The van der Waals surface area contributed by atoms with E-state index in [9.17, 15) is 0 Å². The number of imidazole rings is 1. The summed E-state index contributed by atoms with van der Waals surface area (Å²) in [6.07, 6.45) is 6.67. The number of thiophene rings is 1. The maximum absolute atomic E-state index is 5.95. The molecule has 0 aliphatic heterocycles. The number of hydrogen-bond acceptors (Lipinski definition) is 2. The number of aryl methyl sites for hydroxylation is 1. The van der Waals surface area contributed by atoms with Gasteiger partial charge in [0.2, 0.25) is 0 Å². The van der Waals surface area contributed by atoms with Crippen LogP contribution in [0.15, 0.2) is 55.1 Å². The van der Waals surface area contributed by atoms with E-state index in [1.165, 1.54) is 15.3 Å². The van der Waals surface area contributed by atoms with Crippen molar-refractivity contribution >= 4 is 22.9 Å². The fourth-order valence-corrected chi connectivity index (χ4v) is 3.39. The Morgan fingerprint density at radius 2 is 2.00 bits per heavy atom. The molecule has 1 unspecified atom stereocenters. The van der Waals surface area contributed by atoms with Gasteiger partial charge < -0.3 is 4.57 Å². The summed E-state index contributed by atoms with van der Waals surface area (Å²) >= 11 is 7.80. The van der Waals surface area contributed by atoms with Gasteiger partial charge in [-0.25, -0.2) is 4.98 Å². The highest BCUT2D eigenvalue weighted by Crippen LogP contribution is 2.29. The van der Waals surface area contributed by atoms with E-state index in [4.69, 9.17) is 11.6 Å². The van der Waals surface area contributed by atoms with Crippen LogP contribution in [0.5, 0.6) is 0 Å². The van der Waals surface area contributed by atoms with Crippen molar-refractivity contribution in [3.8, 4) is 0 Å². The molecule has 2 aromatic heterocycles. The van der Waals surface area contributed by atoms with Gasteiger partial charge >= 0.3 is 0 Å². The van der Waals surface area contributed by atoms with E-state index in [1.807, 2.05) is 42.2 Å². The molecule has 3 rings (SSSR count). The summed E-state index contributed by atoms with van der Waals surface area (Å²) in [5.41, 5.74) is 1.28. The van der Waals surface area contributed by atoms with Gasteiger partial charge in [0.1, 0.15) is 0 Å². The zero-order valence-electron chi connectivity index (χ0n) is 11.2. The normalized spacial score (nSPS) is 12.5. The minimum Gasteiger partial charge on any atom is -0.329 e. The number of nitrogens with zero attached hydrogens (tertiary/aromatic N) is 2. The predicted octanol–water partition coefficient (Wildman–Crippen LogP) is 4.74. The van der Waals surface area contributed by atoms with Gasteiger partial charge in [-0.3, -0.25) is 0 Å². The Bertz CT molecular complexity index is 671. The standard InChI is InChI=1S/C16H15ClN2S/c1-12-2-7-16(20-12)15(19-9-8-18-11-19)10-13-3-5-14(17)6-4-13/h2-9,11,15H,10H2,1H3. The summed E-state index contributed by atoms with van der Waals surface area (Å²) < 4.78 is 2.17. The molecule has 1 atom stereocenters. The second-order valence-electron chi connectivity index (χ2n) is 4.80. The van der Waals surface area contributed by atoms with Crippen molar-refractivity contribution in [1.29, 1.82) is 0 Å². The first-order valence-corrected chi connectivity index (χ1v) is 7.70. The molecule has 0 saturated carbocycles. The summed E-state index contributed by atoms with van der Waals surface area (Å²) in [7, 11) is 0. The van der Waals surface area contributed by atoms with E-state index in [0.29, 0.717) is 0 Å². The molecule has 0 aliphatic carbocycles. The number of benzene rings is 1. The molecule has 0 radical (unpaired) electrons. The van der Waals surface area contributed by atoms with Gasteiger partial charge in [-0.15, -0.1) is 11.3 Å². The maximum atomic E-state index is 5.95. The number of halogens is 1. The van der Waals surface area contributed by atoms with Crippen LogP contribution in [0, 0.1) is 6.92 Å². The van der Waals surface area contributed by atoms with Gasteiger partial charge in [-0.05, 0) is 43.2 Å². The first kappa shape index (κ1) is 13.4. The number of hydrogen-bond donors (Lipinski definition) is 0. The van der Waals surface area contributed by atoms with E-state index in [0.717, 1.165) is 11.4 Å². The van der Waals surface area contributed by atoms with Crippen molar-refractivity contribution in [2.75, 3.05) is 0 Å². The fraction of sp³-hybridized carbons (Fsp3) is 0.188. The fourth-order valence-electron chi connectivity index (χ4n) is 2.28. The lowest BCUT2D eigenvalue weighted by Crippen LogP contribution is -2.10. The summed E-state index contributed by atoms with van der Waals surface area (Å²) in [6.45, 7) is 2.14. The molecule has 0 spiro atoms. The van der Waals surface area contributed by atoms with Crippen molar-refractivity contribution in [2.45, 2.75) is 19.4 Å². The smallest absolute Gasteiger partial charge is 0.0952 e. The summed E-state index contributed by atoms with van der Waals surface area (Å²) in [4.78, 5) is 6.87. The van der Waals surface area contributed by atoms with Crippen molar-refractivity contribution in [3.05, 3.63) is 75.5 Å². The highest BCUT2D eigenvalue weighted by atomic mass is 35.5. The SMILES string of the molecule is Cc1ccc(C(Cc2ccc(Cl)cc2)n2ccnc2)s1. The first-order chi connectivity index (χ1) is 9.72. The molecule has 2 nitrogen and oxygen atoms in total. The molecule has 0 saturated heterocycles. The molecule has 0 bridgehead atoms. The Morgan fingerprint density at radius 3 is 2.60 bits per heavy atom. The number of rotatable bonds is 4. The van der Waals surface area contributed by atoms with Crippen molar-refractivity contribution in [1.82, 2.24) is 9.55 Å². The molecule has 0 fully saturated rings. The van der Waals surface area contributed by atoms with Gasteiger partial charge in [0.25, 0.3) is 0 Å². The third-order valence-corrected chi connectivity index (χ3v) is 4.67. The van der Waals surface area contributed by atoms with Crippen molar-refractivity contribution < 1.29 is 0 Å². The van der Waals surface area contributed by atoms with Crippen molar-refractivity contribution in [2.24, 2.45) is 0 Å². The van der Waals surface area contributed by atoms with Crippen LogP contribution in [0.1, 0.15) is 21.4 Å². The van der Waals surface area contributed by atoms with Crippen LogP contribution in [0.2, 0.25) is 5.02 Å².